The van der Waals surface area contributed by atoms with Crippen molar-refractivity contribution in [3.63, 3.8) is 0 Å². The molecule has 1 N–H and O–H groups in total. The minimum atomic E-state index is 0.806. The van der Waals surface area contributed by atoms with Gasteiger partial charge in [-0.15, -0.1) is 11.3 Å². The predicted octanol–water partition coefficient (Wildman–Crippen LogP) is 5.49. The van der Waals surface area contributed by atoms with Crippen molar-refractivity contribution < 1.29 is 0 Å². The summed E-state index contributed by atoms with van der Waals surface area (Å²) in [6.07, 6.45) is 1.84. The third-order valence-corrected chi connectivity index (χ3v) is 4.95. The zero-order valence-corrected chi connectivity index (χ0v) is 14.0. The van der Waals surface area contributed by atoms with Crippen LogP contribution in [0, 0.1) is 6.92 Å². The first-order valence-electron chi connectivity index (χ1n) is 6.71. The van der Waals surface area contributed by atoms with E-state index in [1.165, 1.54) is 11.1 Å². The van der Waals surface area contributed by atoms with Gasteiger partial charge >= 0.3 is 0 Å². The molecule has 1 heterocycles. The normalized spacial score (nSPS) is 10.6. The summed E-state index contributed by atoms with van der Waals surface area (Å²) < 4.78 is 1.15. The van der Waals surface area contributed by atoms with Gasteiger partial charge in [0, 0.05) is 33.8 Å². The lowest BCUT2D eigenvalue weighted by atomic mass is 10.1. The van der Waals surface area contributed by atoms with Crippen molar-refractivity contribution in [1.29, 1.82) is 0 Å². The number of hydrogen-bond acceptors (Lipinski definition) is 3. The Hall–Kier alpha value is -1.65. The Balaban J connectivity index is 1.73. The number of aromatic nitrogens is 1. The summed E-state index contributed by atoms with van der Waals surface area (Å²) in [5.74, 6) is 0. The molecule has 106 valence electrons. The minimum Gasteiger partial charge on any atom is -0.381 e. The molecular formula is C17H15BrN2S. The Morgan fingerprint density at radius 1 is 1.19 bits per heavy atom. The maximum atomic E-state index is 4.35. The molecule has 3 aromatic rings. The van der Waals surface area contributed by atoms with Crippen LogP contribution < -0.4 is 5.32 Å². The van der Waals surface area contributed by atoms with Crippen molar-refractivity contribution in [3.05, 3.63) is 69.6 Å². The average Bonchev–Trinajstić information content (AvgIpc) is 3.03. The Kier molecular flexibility index (Phi) is 4.36. The van der Waals surface area contributed by atoms with Crippen LogP contribution in [-0.4, -0.2) is 4.98 Å². The van der Waals surface area contributed by atoms with Crippen LogP contribution in [0.1, 0.15) is 11.1 Å². The van der Waals surface area contributed by atoms with Gasteiger partial charge in [0.2, 0.25) is 0 Å². The summed E-state index contributed by atoms with van der Waals surface area (Å²) in [7, 11) is 0. The standard InChI is InChI=1S/C17H15BrN2S/c1-12-5-6-13(9-16(12)18)11-20-15-4-2-3-14(10-15)17-19-7-8-21-17/h2-10,20H,11H2,1H3. The predicted molar refractivity (Wildman–Crippen MR) is 93.8 cm³/mol. The second-order valence-electron chi connectivity index (χ2n) is 4.86. The van der Waals surface area contributed by atoms with Gasteiger partial charge in [-0.2, -0.15) is 0 Å². The van der Waals surface area contributed by atoms with E-state index in [1.807, 2.05) is 11.6 Å². The van der Waals surface area contributed by atoms with Gasteiger partial charge in [0.1, 0.15) is 5.01 Å². The van der Waals surface area contributed by atoms with Crippen LogP contribution in [0.5, 0.6) is 0 Å². The summed E-state index contributed by atoms with van der Waals surface area (Å²) >= 11 is 5.23. The van der Waals surface area contributed by atoms with Crippen molar-refractivity contribution in [2.75, 3.05) is 5.32 Å². The van der Waals surface area contributed by atoms with Gasteiger partial charge in [-0.25, -0.2) is 4.98 Å². The van der Waals surface area contributed by atoms with Crippen molar-refractivity contribution in [2.24, 2.45) is 0 Å². The van der Waals surface area contributed by atoms with Crippen molar-refractivity contribution in [3.8, 4) is 10.6 Å². The lowest BCUT2D eigenvalue weighted by Crippen LogP contribution is -1.99. The summed E-state index contributed by atoms with van der Waals surface area (Å²) in [5.41, 5.74) is 4.77. The Bertz CT molecular complexity index is 738. The molecule has 0 bridgehead atoms. The highest BCUT2D eigenvalue weighted by Gasteiger charge is 2.02. The number of anilines is 1. The van der Waals surface area contributed by atoms with Crippen LogP contribution in [0.15, 0.2) is 58.5 Å². The van der Waals surface area contributed by atoms with Crippen LogP contribution in [0.25, 0.3) is 10.6 Å². The molecule has 0 saturated carbocycles. The summed E-state index contributed by atoms with van der Waals surface area (Å²) in [4.78, 5) is 4.35. The van der Waals surface area contributed by atoms with Gasteiger partial charge in [0.25, 0.3) is 0 Å². The van der Waals surface area contributed by atoms with E-state index in [0.717, 1.165) is 27.3 Å². The molecule has 0 aliphatic heterocycles. The van der Waals surface area contributed by atoms with E-state index in [1.54, 1.807) is 11.3 Å². The largest absolute Gasteiger partial charge is 0.381 e. The third kappa shape index (κ3) is 3.52. The van der Waals surface area contributed by atoms with Crippen LogP contribution in [0.2, 0.25) is 0 Å². The van der Waals surface area contributed by atoms with Crippen molar-refractivity contribution in [1.82, 2.24) is 4.98 Å². The maximum Gasteiger partial charge on any atom is 0.123 e. The fraction of sp³-hybridized carbons (Fsp3) is 0.118. The molecule has 0 unspecified atom stereocenters. The summed E-state index contributed by atoms with van der Waals surface area (Å²) in [5, 5.41) is 6.52. The lowest BCUT2D eigenvalue weighted by molar-refractivity contribution is 1.14. The van der Waals surface area contributed by atoms with Gasteiger partial charge in [-0.3, -0.25) is 0 Å². The minimum absolute atomic E-state index is 0.806. The van der Waals surface area contributed by atoms with Crippen LogP contribution >= 0.6 is 27.3 Å². The Labute approximate surface area is 137 Å². The number of benzene rings is 2. The Morgan fingerprint density at radius 2 is 2.10 bits per heavy atom. The highest BCUT2D eigenvalue weighted by atomic mass is 79.9. The van der Waals surface area contributed by atoms with Crippen LogP contribution in [0.3, 0.4) is 0 Å². The number of thiazole rings is 1. The molecule has 2 nitrogen and oxygen atoms in total. The molecule has 0 fully saturated rings. The van der Waals surface area contributed by atoms with E-state index in [0.29, 0.717) is 0 Å². The molecule has 3 rings (SSSR count). The second kappa shape index (κ2) is 6.41. The van der Waals surface area contributed by atoms with Crippen molar-refractivity contribution >= 4 is 33.0 Å². The molecule has 1 aromatic heterocycles. The number of aryl methyl sites for hydroxylation is 1. The molecule has 2 aromatic carbocycles. The first-order chi connectivity index (χ1) is 10.2. The van der Waals surface area contributed by atoms with Gasteiger partial charge in [-0.05, 0) is 36.2 Å². The van der Waals surface area contributed by atoms with Crippen LogP contribution in [-0.2, 0) is 6.54 Å². The molecule has 0 aliphatic carbocycles. The van der Waals surface area contributed by atoms with E-state index in [2.05, 4.69) is 75.6 Å². The van der Waals surface area contributed by atoms with Gasteiger partial charge in [0.05, 0.1) is 0 Å². The average molecular weight is 359 g/mol. The van der Waals surface area contributed by atoms with E-state index in [-0.39, 0.29) is 0 Å². The SMILES string of the molecule is Cc1ccc(CNc2cccc(-c3nccs3)c2)cc1Br. The monoisotopic (exact) mass is 358 g/mol. The molecule has 0 radical (unpaired) electrons. The number of hydrogen-bond donors (Lipinski definition) is 1. The molecule has 4 heteroatoms. The van der Waals surface area contributed by atoms with E-state index in [9.17, 15) is 0 Å². The summed E-state index contributed by atoms with van der Waals surface area (Å²) in [6, 6.07) is 14.8. The number of nitrogens with zero attached hydrogens (tertiary/aromatic N) is 1. The zero-order valence-electron chi connectivity index (χ0n) is 11.6. The fourth-order valence-corrected chi connectivity index (χ4v) is 3.14. The number of rotatable bonds is 4. The molecule has 0 spiro atoms. The topological polar surface area (TPSA) is 24.9 Å². The summed E-state index contributed by atoms with van der Waals surface area (Å²) in [6.45, 7) is 2.90. The smallest absolute Gasteiger partial charge is 0.123 e. The quantitative estimate of drug-likeness (QED) is 0.666. The Morgan fingerprint density at radius 3 is 2.86 bits per heavy atom. The van der Waals surface area contributed by atoms with Gasteiger partial charge in [0.15, 0.2) is 0 Å². The highest BCUT2D eigenvalue weighted by molar-refractivity contribution is 9.10. The second-order valence-corrected chi connectivity index (χ2v) is 6.60. The van der Waals surface area contributed by atoms with E-state index in [4.69, 9.17) is 0 Å². The van der Waals surface area contributed by atoms with E-state index < -0.39 is 0 Å². The van der Waals surface area contributed by atoms with Gasteiger partial charge in [-0.1, -0.05) is 40.2 Å². The lowest BCUT2D eigenvalue weighted by Gasteiger charge is -2.09. The number of nitrogens with one attached hydrogen (secondary N) is 1. The third-order valence-electron chi connectivity index (χ3n) is 3.27. The first kappa shape index (κ1) is 14.3. The molecule has 0 amide bonds. The highest BCUT2D eigenvalue weighted by Crippen LogP contribution is 2.25. The maximum absolute atomic E-state index is 4.35. The molecular weight excluding hydrogens is 344 g/mol. The van der Waals surface area contributed by atoms with Gasteiger partial charge < -0.3 is 5.32 Å². The number of halogens is 1. The first-order valence-corrected chi connectivity index (χ1v) is 8.38. The molecule has 0 saturated heterocycles. The van der Waals surface area contributed by atoms with Crippen molar-refractivity contribution in [2.45, 2.75) is 13.5 Å². The molecule has 0 atom stereocenters. The molecule has 0 aliphatic rings. The zero-order chi connectivity index (χ0) is 14.7. The molecule has 21 heavy (non-hydrogen) atoms. The fourth-order valence-electron chi connectivity index (χ4n) is 2.08. The van der Waals surface area contributed by atoms with E-state index >= 15 is 0 Å². The van der Waals surface area contributed by atoms with Crippen LogP contribution in [0.4, 0.5) is 5.69 Å².